The van der Waals surface area contributed by atoms with Gasteiger partial charge >= 0.3 is 0 Å². The zero-order chi connectivity index (χ0) is 9.68. The zero-order valence-electron chi connectivity index (χ0n) is 8.76. The van der Waals surface area contributed by atoms with E-state index in [1.807, 2.05) is 13.8 Å². The standard InChI is InChI=1S/C10H12O.C2H6.CH4/c1-8-4-2-5-9-6-3-7-11-10(8)9;1-2;/h2,4-5H,3,6-7H2,1H3;1-2H3;1H4. The lowest BCUT2D eigenvalue weighted by molar-refractivity contribution is 0.286. The van der Waals surface area contributed by atoms with Crippen LogP contribution in [0.25, 0.3) is 0 Å². The zero-order valence-corrected chi connectivity index (χ0v) is 8.76. The van der Waals surface area contributed by atoms with Gasteiger partial charge in [0, 0.05) is 0 Å². The van der Waals surface area contributed by atoms with Crippen molar-refractivity contribution in [3.63, 3.8) is 0 Å². The van der Waals surface area contributed by atoms with Crippen molar-refractivity contribution in [2.75, 3.05) is 6.61 Å². The SMILES string of the molecule is C.CC.Cc1cccc2c1OCCC2. The number of ether oxygens (including phenoxy) is 1. The van der Waals surface area contributed by atoms with Crippen LogP contribution in [0.3, 0.4) is 0 Å². The number of fused-ring (bicyclic) bond motifs is 1. The Morgan fingerprint density at radius 2 is 1.93 bits per heavy atom. The Hall–Kier alpha value is -0.980. The molecule has 0 unspecified atom stereocenters. The highest BCUT2D eigenvalue weighted by atomic mass is 16.5. The summed E-state index contributed by atoms with van der Waals surface area (Å²) in [6.45, 7) is 6.99. The van der Waals surface area contributed by atoms with Gasteiger partial charge in [-0.2, -0.15) is 0 Å². The number of para-hydroxylation sites is 1. The average Bonchev–Trinajstić information content (AvgIpc) is 2.22. The summed E-state index contributed by atoms with van der Waals surface area (Å²) >= 11 is 0. The van der Waals surface area contributed by atoms with Crippen molar-refractivity contribution in [3.8, 4) is 5.75 Å². The van der Waals surface area contributed by atoms with E-state index in [0.717, 1.165) is 18.8 Å². The Labute approximate surface area is 88.1 Å². The van der Waals surface area contributed by atoms with Crippen molar-refractivity contribution in [3.05, 3.63) is 29.3 Å². The summed E-state index contributed by atoms with van der Waals surface area (Å²) in [6, 6.07) is 6.36. The van der Waals surface area contributed by atoms with Crippen LogP contribution in [-0.4, -0.2) is 6.61 Å². The number of hydrogen-bond acceptors (Lipinski definition) is 1. The Kier molecular flexibility index (Phi) is 6.02. The van der Waals surface area contributed by atoms with Gasteiger partial charge in [0.15, 0.2) is 0 Å². The first kappa shape index (κ1) is 13.0. The minimum atomic E-state index is 0. The van der Waals surface area contributed by atoms with Crippen molar-refractivity contribution < 1.29 is 4.74 Å². The predicted octanol–water partition coefficient (Wildman–Crippen LogP) is 3.98. The van der Waals surface area contributed by atoms with E-state index in [9.17, 15) is 0 Å². The molecule has 1 heterocycles. The minimum absolute atomic E-state index is 0. The van der Waals surface area contributed by atoms with E-state index < -0.39 is 0 Å². The Morgan fingerprint density at radius 1 is 1.21 bits per heavy atom. The molecule has 0 N–H and O–H groups in total. The van der Waals surface area contributed by atoms with Crippen molar-refractivity contribution in [1.82, 2.24) is 0 Å². The second-order valence-electron chi connectivity index (χ2n) is 3.02. The highest BCUT2D eigenvalue weighted by molar-refractivity contribution is 5.41. The molecule has 0 saturated heterocycles. The first-order chi connectivity index (χ1) is 6.38. The second-order valence-corrected chi connectivity index (χ2v) is 3.02. The molecular formula is C13H22O. The Balaban J connectivity index is 0.000000531. The van der Waals surface area contributed by atoms with Crippen LogP contribution in [0.5, 0.6) is 5.75 Å². The molecule has 0 amide bonds. The molecule has 1 nitrogen and oxygen atoms in total. The topological polar surface area (TPSA) is 9.23 Å². The third-order valence-electron chi connectivity index (χ3n) is 2.13. The van der Waals surface area contributed by atoms with Gasteiger partial charge in [-0.3, -0.25) is 0 Å². The van der Waals surface area contributed by atoms with Crippen LogP contribution in [0.4, 0.5) is 0 Å². The molecular weight excluding hydrogens is 172 g/mol. The molecule has 0 atom stereocenters. The Morgan fingerprint density at radius 3 is 2.57 bits per heavy atom. The molecule has 1 aromatic rings. The second kappa shape index (κ2) is 6.47. The summed E-state index contributed by atoms with van der Waals surface area (Å²) in [5.74, 6) is 1.12. The summed E-state index contributed by atoms with van der Waals surface area (Å²) in [5.41, 5.74) is 2.64. The molecule has 0 radical (unpaired) electrons. The smallest absolute Gasteiger partial charge is 0.125 e. The maximum atomic E-state index is 5.55. The van der Waals surface area contributed by atoms with E-state index in [1.165, 1.54) is 17.5 Å². The molecule has 1 aromatic carbocycles. The minimum Gasteiger partial charge on any atom is -0.493 e. The summed E-state index contributed by atoms with van der Waals surface area (Å²) in [4.78, 5) is 0. The van der Waals surface area contributed by atoms with E-state index in [0.29, 0.717) is 0 Å². The number of rotatable bonds is 0. The number of hydrogen-bond donors (Lipinski definition) is 0. The van der Waals surface area contributed by atoms with Gasteiger partial charge in [-0.1, -0.05) is 39.5 Å². The maximum absolute atomic E-state index is 5.55. The molecule has 0 bridgehead atoms. The fraction of sp³-hybridized carbons (Fsp3) is 0.538. The van der Waals surface area contributed by atoms with Gasteiger partial charge in [0.25, 0.3) is 0 Å². The van der Waals surface area contributed by atoms with Crippen LogP contribution in [0.15, 0.2) is 18.2 Å². The normalized spacial score (nSPS) is 12.5. The molecule has 0 spiro atoms. The van der Waals surface area contributed by atoms with Crippen LogP contribution in [0.1, 0.15) is 38.8 Å². The monoisotopic (exact) mass is 194 g/mol. The van der Waals surface area contributed by atoms with E-state index in [-0.39, 0.29) is 7.43 Å². The summed E-state index contributed by atoms with van der Waals surface area (Å²) in [5, 5.41) is 0. The molecule has 0 fully saturated rings. The highest BCUT2D eigenvalue weighted by Gasteiger charge is 2.10. The number of aryl methyl sites for hydroxylation is 2. The van der Waals surface area contributed by atoms with Crippen LogP contribution >= 0.6 is 0 Å². The molecule has 80 valence electrons. The third kappa shape index (κ3) is 2.76. The summed E-state index contributed by atoms with van der Waals surface area (Å²) < 4.78 is 5.55. The van der Waals surface area contributed by atoms with Gasteiger partial charge in [-0.05, 0) is 30.9 Å². The van der Waals surface area contributed by atoms with Crippen LogP contribution < -0.4 is 4.74 Å². The molecule has 14 heavy (non-hydrogen) atoms. The van der Waals surface area contributed by atoms with Crippen molar-refractivity contribution in [1.29, 1.82) is 0 Å². The molecule has 1 heteroatoms. The fourth-order valence-electron chi connectivity index (χ4n) is 1.55. The quantitative estimate of drug-likeness (QED) is 0.607. The molecule has 0 aromatic heterocycles. The molecule has 1 aliphatic rings. The van der Waals surface area contributed by atoms with Crippen LogP contribution in [0, 0.1) is 6.92 Å². The fourth-order valence-corrected chi connectivity index (χ4v) is 1.55. The van der Waals surface area contributed by atoms with Crippen LogP contribution in [0.2, 0.25) is 0 Å². The van der Waals surface area contributed by atoms with E-state index in [1.54, 1.807) is 0 Å². The largest absolute Gasteiger partial charge is 0.493 e. The maximum Gasteiger partial charge on any atom is 0.125 e. The van der Waals surface area contributed by atoms with Gasteiger partial charge in [0.05, 0.1) is 6.61 Å². The van der Waals surface area contributed by atoms with E-state index >= 15 is 0 Å². The predicted molar refractivity (Wildman–Crippen MR) is 63.1 cm³/mol. The first-order valence-corrected chi connectivity index (χ1v) is 5.09. The van der Waals surface area contributed by atoms with Crippen molar-refractivity contribution in [2.24, 2.45) is 0 Å². The van der Waals surface area contributed by atoms with Gasteiger partial charge in [0.2, 0.25) is 0 Å². The van der Waals surface area contributed by atoms with Gasteiger partial charge in [0.1, 0.15) is 5.75 Å². The van der Waals surface area contributed by atoms with Gasteiger partial charge in [-0.15, -0.1) is 0 Å². The molecule has 2 rings (SSSR count). The molecule has 0 saturated carbocycles. The van der Waals surface area contributed by atoms with Gasteiger partial charge < -0.3 is 4.74 Å². The molecule has 0 aliphatic carbocycles. The van der Waals surface area contributed by atoms with Crippen molar-refractivity contribution >= 4 is 0 Å². The summed E-state index contributed by atoms with van der Waals surface area (Å²) in [7, 11) is 0. The lowest BCUT2D eigenvalue weighted by Crippen LogP contribution is -2.09. The number of benzene rings is 1. The summed E-state index contributed by atoms with van der Waals surface area (Å²) in [6.07, 6.45) is 2.34. The van der Waals surface area contributed by atoms with Crippen LogP contribution in [-0.2, 0) is 6.42 Å². The average molecular weight is 194 g/mol. The van der Waals surface area contributed by atoms with Gasteiger partial charge in [-0.25, -0.2) is 0 Å². The van der Waals surface area contributed by atoms with Crippen molar-refractivity contribution in [2.45, 2.75) is 41.0 Å². The highest BCUT2D eigenvalue weighted by Crippen LogP contribution is 2.27. The van der Waals surface area contributed by atoms with E-state index in [4.69, 9.17) is 4.74 Å². The lowest BCUT2D eigenvalue weighted by Gasteiger charge is -2.18. The lowest BCUT2D eigenvalue weighted by atomic mass is 10.0. The first-order valence-electron chi connectivity index (χ1n) is 5.09. The molecule has 1 aliphatic heterocycles. The Bertz CT molecular complexity index is 266. The third-order valence-corrected chi connectivity index (χ3v) is 2.13. The van der Waals surface area contributed by atoms with E-state index in [2.05, 4.69) is 25.1 Å².